The van der Waals surface area contributed by atoms with Gasteiger partial charge in [-0.15, -0.1) is 0 Å². The van der Waals surface area contributed by atoms with Crippen LogP contribution in [0.25, 0.3) is 0 Å². The topological polar surface area (TPSA) is 119 Å². The Kier molecular flexibility index (Phi) is 15.6. The molecule has 8 heteroatoms. The number of carbonyl (C=O) groups is 3. The van der Waals surface area contributed by atoms with Crippen LogP contribution < -0.4 is 4.74 Å². The van der Waals surface area contributed by atoms with Crippen LogP contribution in [0.15, 0.2) is 42.5 Å². The van der Waals surface area contributed by atoms with Crippen LogP contribution in [0.1, 0.15) is 182 Å². The summed E-state index contributed by atoms with van der Waals surface area (Å²) in [6, 6.07) is 11.2. The van der Waals surface area contributed by atoms with E-state index in [1.807, 2.05) is 46.8 Å². The molecule has 0 heterocycles. The fourth-order valence-corrected chi connectivity index (χ4v) is 9.75. The molecule has 2 aromatic carbocycles. The number of rotatable bonds is 12. The number of aromatic hydroxyl groups is 2. The molecular formula is C50H76O8. The van der Waals surface area contributed by atoms with Crippen LogP contribution in [0, 0.1) is 46.3 Å². The van der Waals surface area contributed by atoms with Gasteiger partial charge >= 0.3 is 17.9 Å². The Bertz CT molecular complexity index is 1650. The van der Waals surface area contributed by atoms with E-state index >= 15 is 0 Å². The molecule has 0 saturated heterocycles. The second kappa shape index (κ2) is 19.2. The number of hydrogen-bond acceptors (Lipinski definition) is 8. The van der Waals surface area contributed by atoms with Crippen LogP contribution in [-0.4, -0.2) is 39.3 Å². The highest BCUT2D eigenvalue weighted by Gasteiger charge is 2.61. The molecule has 5 fully saturated rings. The van der Waals surface area contributed by atoms with E-state index in [4.69, 9.17) is 14.2 Å². The Morgan fingerprint density at radius 3 is 1.62 bits per heavy atom. The molecule has 8 nitrogen and oxygen atoms in total. The van der Waals surface area contributed by atoms with Crippen molar-refractivity contribution >= 4 is 17.9 Å². The van der Waals surface area contributed by atoms with E-state index in [0.29, 0.717) is 35.2 Å². The normalized spacial score (nSPS) is 24.9. The Morgan fingerprint density at radius 1 is 0.690 bits per heavy atom. The summed E-state index contributed by atoms with van der Waals surface area (Å²) in [6.45, 7) is 25.2. The van der Waals surface area contributed by atoms with Crippen molar-refractivity contribution in [1.82, 2.24) is 0 Å². The fraction of sp³-hybridized carbons (Fsp3) is 0.700. The number of esters is 3. The quantitative estimate of drug-likeness (QED) is 0.124. The molecule has 0 aromatic heterocycles. The summed E-state index contributed by atoms with van der Waals surface area (Å²) in [5.74, 6) is 3.47. The van der Waals surface area contributed by atoms with Gasteiger partial charge in [0.1, 0.15) is 17.0 Å². The monoisotopic (exact) mass is 805 g/mol. The minimum Gasteiger partial charge on any atom is -0.504 e. The van der Waals surface area contributed by atoms with Crippen LogP contribution in [0.4, 0.5) is 0 Å². The molecule has 1 unspecified atom stereocenters. The number of carbonyl (C=O) groups excluding carboxylic acids is 3. The molecular weight excluding hydrogens is 729 g/mol. The highest BCUT2D eigenvalue weighted by atomic mass is 16.6. The third-order valence-corrected chi connectivity index (χ3v) is 14.7. The molecule has 0 aliphatic heterocycles. The summed E-state index contributed by atoms with van der Waals surface area (Å²) in [6.07, 6.45) is 13.8. The predicted octanol–water partition coefficient (Wildman–Crippen LogP) is 12.6. The average Bonchev–Trinajstić information content (AvgIpc) is 3.67. The Balaban J connectivity index is 0.000000195. The van der Waals surface area contributed by atoms with Gasteiger partial charge in [0.25, 0.3) is 0 Å². The fourth-order valence-electron chi connectivity index (χ4n) is 9.75. The van der Waals surface area contributed by atoms with E-state index < -0.39 is 5.97 Å². The number of benzene rings is 2. The maximum atomic E-state index is 12.8. The van der Waals surface area contributed by atoms with Gasteiger partial charge in [0.2, 0.25) is 0 Å². The minimum atomic E-state index is -0.504. The lowest BCUT2D eigenvalue weighted by Gasteiger charge is -2.62. The molecule has 7 rings (SSSR count). The first kappa shape index (κ1) is 47.1. The van der Waals surface area contributed by atoms with Crippen molar-refractivity contribution in [2.24, 2.45) is 46.3 Å². The molecule has 5 aliphatic carbocycles. The first-order valence-corrected chi connectivity index (χ1v) is 22.5. The Hall–Kier alpha value is -3.55. The predicted molar refractivity (Wildman–Crippen MR) is 231 cm³/mol. The average molecular weight is 805 g/mol. The lowest BCUT2D eigenvalue weighted by Crippen LogP contribution is -2.63. The van der Waals surface area contributed by atoms with Crippen LogP contribution in [0.2, 0.25) is 0 Å². The largest absolute Gasteiger partial charge is 0.504 e. The molecule has 0 spiro atoms. The molecule has 4 bridgehead atoms. The summed E-state index contributed by atoms with van der Waals surface area (Å²) in [4.78, 5) is 36.9. The molecule has 0 amide bonds. The highest BCUT2D eigenvalue weighted by molar-refractivity contribution is 5.91. The summed E-state index contributed by atoms with van der Waals surface area (Å²) < 4.78 is 17.4. The number of phenols is 2. The maximum Gasteiger partial charge on any atom is 0.343 e. The van der Waals surface area contributed by atoms with E-state index in [1.165, 1.54) is 68.7 Å². The first-order chi connectivity index (χ1) is 27.1. The second-order valence-electron chi connectivity index (χ2n) is 20.0. The van der Waals surface area contributed by atoms with E-state index in [2.05, 4.69) is 48.5 Å². The molecule has 5 saturated carbocycles. The van der Waals surface area contributed by atoms with Crippen molar-refractivity contribution in [2.75, 3.05) is 0 Å². The molecule has 2 aromatic rings. The van der Waals surface area contributed by atoms with Gasteiger partial charge in [-0.05, 0) is 176 Å². The van der Waals surface area contributed by atoms with E-state index in [9.17, 15) is 24.6 Å². The molecule has 324 valence electrons. The molecule has 0 radical (unpaired) electrons. The van der Waals surface area contributed by atoms with Gasteiger partial charge in [0.15, 0.2) is 11.5 Å². The molecule has 1 atom stereocenters. The van der Waals surface area contributed by atoms with Gasteiger partial charge in [-0.2, -0.15) is 0 Å². The maximum absolute atomic E-state index is 12.8. The SMILES string of the molecule is CCC(C)(C)C(=O)OC1(C(C)C)C2CC3CC(C2)CC1C3.CCC(C)(C)C(=O)OC1(C(C)C)CCCC1.CCC(C)c1ccc(C(=O)Oc2ccc(O)c(O)c2)cc1. The lowest BCUT2D eigenvalue weighted by atomic mass is 9.47. The number of phenolic OH excluding ortho intramolecular Hbond substituents is 2. The van der Waals surface area contributed by atoms with Crippen molar-refractivity contribution in [1.29, 1.82) is 0 Å². The zero-order valence-corrected chi connectivity index (χ0v) is 37.9. The van der Waals surface area contributed by atoms with Crippen LogP contribution >= 0.6 is 0 Å². The van der Waals surface area contributed by atoms with Gasteiger partial charge in [-0.25, -0.2) is 4.79 Å². The second-order valence-corrected chi connectivity index (χ2v) is 20.0. The Morgan fingerprint density at radius 2 is 1.19 bits per heavy atom. The van der Waals surface area contributed by atoms with Crippen LogP contribution in [-0.2, 0) is 19.1 Å². The van der Waals surface area contributed by atoms with E-state index in [-0.39, 0.29) is 51.2 Å². The highest BCUT2D eigenvalue weighted by Crippen LogP contribution is 2.62. The number of hydrogen-bond donors (Lipinski definition) is 2. The third kappa shape index (κ3) is 10.6. The molecule has 58 heavy (non-hydrogen) atoms. The van der Waals surface area contributed by atoms with E-state index in [0.717, 1.165) is 43.9 Å². The van der Waals surface area contributed by atoms with Crippen molar-refractivity contribution in [3.05, 3.63) is 53.6 Å². The van der Waals surface area contributed by atoms with Crippen LogP contribution in [0.5, 0.6) is 17.2 Å². The van der Waals surface area contributed by atoms with E-state index in [1.54, 1.807) is 12.1 Å². The van der Waals surface area contributed by atoms with Gasteiger partial charge in [-0.1, -0.05) is 67.5 Å². The standard InChI is InChI=1S/C19H32O2.C17H18O4.C14H26O2/c1-6-18(4,5)17(20)21-19(12(2)3)15-8-13-7-14(10-15)11-16(19)9-13;1-3-11(2)12-4-6-13(7-5-12)17(20)21-14-8-9-15(18)16(19)10-14;1-6-13(4,5)12(15)16-14(11(2)3)9-7-8-10-14/h12-16H,6-11H2,1-5H3;4-11,18-19H,3H2,1-2H3;11H,6-10H2,1-5H3. The van der Waals surface area contributed by atoms with Gasteiger partial charge in [0, 0.05) is 6.07 Å². The Labute approximate surface area is 350 Å². The summed E-state index contributed by atoms with van der Waals surface area (Å²) >= 11 is 0. The third-order valence-electron chi connectivity index (χ3n) is 14.7. The lowest BCUT2D eigenvalue weighted by molar-refractivity contribution is -0.231. The molecule has 5 aliphatic rings. The summed E-state index contributed by atoms with van der Waals surface area (Å²) in [7, 11) is 0. The minimum absolute atomic E-state index is 0.0226. The van der Waals surface area contributed by atoms with Gasteiger partial charge in [0.05, 0.1) is 16.4 Å². The molecule has 2 N–H and O–H groups in total. The van der Waals surface area contributed by atoms with Gasteiger partial charge < -0.3 is 24.4 Å². The zero-order valence-electron chi connectivity index (χ0n) is 37.9. The summed E-state index contributed by atoms with van der Waals surface area (Å²) in [5.41, 5.74) is 0.576. The zero-order chi connectivity index (χ0) is 43.2. The van der Waals surface area contributed by atoms with Crippen molar-refractivity contribution in [3.63, 3.8) is 0 Å². The first-order valence-electron chi connectivity index (χ1n) is 22.5. The van der Waals surface area contributed by atoms with Crippen molar-refractivity contribution < 1.29 is 38.8 Å². The van der Waals surface area contributed by atoms with Gasteiger partial charge in [-0.3, -0.25) is 9.59 Å². The number of ether oxygens (including phenoxy) is 3. The van der Waals surface area contributed by atoms with Crippen LogP contribution in [0.3, 0.4) is 0 Å². The summed E-state index contributed by atoms with van der Waals surface area (Å²) in [5, 5.41) is 18.6. The van der Waals surface area contributed by atoms with Crippen molar-refractivity contribution in [2.45, 2.75) is 177 Å². The smallest absolute Gasteiger partial charge is 0.343 e. The van der Waals surface area contributed by atoms with Crippen molar-refractivity contribution in [3.8, 4) is 17.2 Å².